The predicted octanol–water partition coefficient (Wildman–Crippen LogP) is 0.883. The van der Waals surface area contributed by atoms with Crippen molar-refractivity contribution in [1.82, 2.24) is 9.97 Å². The molecule has 0 saturated heterocycles. The van der Waals surface area contributed by atoms with Gasteiger partial charge in [0.05, 0.1) is 13.0 Å². The maximum absolute atomic E-state index is 11.0. The molecule has 0 amide bonds. The highest BCUT2D eigenvalue weighted by atomic mass is 16.5. The zero-order valence-corrected chi connectivity index (χ0v) is 9.49. The lowest BCUT2D eigenvalue weighted by Crippen LogP contribution is -2.12. The first-order valence-corrected chi connectivity index (χ1v) is 5.15. The Kier molecular flexibility index (Phi) is 5.04. The van der Waals surface area contributed by atoms with Crippen LogP contribution in [0.2, 0.25) is 0 Å². The molecule has 2 N–H and O–H groups in total. The van der Waals surface area contributed by atoms with Crippen LogP contribution in [0.15, 0.2) is 12.4 Å². The van der Waals surface area contributed by atoms with Gasteiger partial charge in [-0.05, 0) is 6.92 Å². The summed E-state index contributed by atoms with van der Waals surface area (Å²) in [7, 11) is 1.78. The number of carbonyl (C=O) groups excluding carboxylic acids is 1. The topological polar surface area (TPSA) is 76.1 Å². The van der Waals surface area contributed by atoms with Crippen molar-refractivity contribution in [3.05, 3.63) is 12.4 Å². The molecule has 1 heterocycles. The van der Waals surface area contributed by atoms with E-state index in [-0.39, 0.29) is 5.97 Å². The average molecular weight is 224 g/mol. The molecular formula is C10H16N4O2. The molecule has 0 aliphatic rings. The number of nitrogens with one attached hydrogen (secondary N) is 2. The molecular weight excluding hydrogens is 208 g/mol. The first-order valence-electron chi connectivity index (χ1n) is 5.15. The highest BCUT2D eigenvalue weighted by Gasteiger charge is 2.01. The van der Waals surface area contributed by atoms with Crippen molar-refractivity contribution in [3.8, 4) is 0 Å². The third-order valence-corrected chi connectivity index (χ3v) is 1.86. The molecule has 0 atom stereocenters. The second-order valence-corrected chi connectivity index (χ2v) is 3.02. The van der Waals surface area contributed by atoms with E-state index in [0.717, 1.165) is 5.82 Å². The Morgan fingerprint density at radius 1 is 1.44 bits per heavy atom. The lowest BCUT2D eigenvalue weighted by atomic mass is 10.4. The molecule has 0 aromatic carbocycles. The van der Waals surface area contributed by atoms with Gasteiger partial charge in [0, 0.05) is 19.7 Å². The highest BCUT2D eigenvalue weighted by molar-refractivity contribution is 5.70. The summed E-state index contributed by atoms with van der Waals surface area (Å²) >= 11 is 0. The van der Waals surface area contributed by atoms with E-state index >= 15 is 0 Å². The number of esters is 1. The third-order valence-electron chi connectivity index (χ3n) is 1.86. The first-order chi connectivity index (χ1) is 7.76. The van der Waals surface area contributed by atoms with Crippen LogP contribution in [-0.4, -0.2) is 36.1 Å². The van der Waals surface area contributed by atoms with Gasteiger partial charge in [-0.15, -0.1) is 0 Å². The molecule has 88 valence electrons. The van der Waals surface area contributed by atoms with Crippen LogP contribution in [-0.2, 0) is 9.53 Å². The van der Waals surface area contributed by atoms with Crippen molar-refractivity contribution in [1.29, 1.82) is 0 Å². The summed E-state index contributed by atoms with van der Waals surface area (Å²) in [6.07, 6.45) is 1.78. The molecule has 6 heteroatoms. The monoisotopic (exact) mass is 224 g/mol. The highest BCUT2D eigenvalue weighted by Crippen LogP contribution is 2.07. The fraction of sp³-hybridized carbons (Fsp3) is 0.500. The van der Waals surface area contributed by atoms with Crippen LogP contribution in [0.5, 0.6) is 0 Å². The van der Waals surface area contributed by atoms with Gasteiger partial charge < -0.3 is 15.4 Å². The molecule has 1 rings (SSSR count). The molecule has 0 saturated carbocycles. The third kappa shape index (κ3) is 4.12. The van der Waals surface area contributed by atoms with Crippen LogP contribution in [0.25, 0.3) is 0 Å². The molecule has 0 radical (unpaired) electrons. The Balaban J connectivity index is 2.34. The molecule has 0 spiro atoms. The smallest absolute Gasteiger partial charge is 0.307 e. The lowest BCUT2D eigenvalue weighted by Gasteiger charge is -2.06. The minimum Gasteiger partial charge on any atom is -0.466 e. The Bertz CT molecular complexity index is 343. The number of rotatable bonds is 6. The molecule has 1 aromatic heterocycles. The van der Waals surface area contributed by atoms with Crippen LogP contribution in [0.4, 0.5) is 11.6 Å². The number of nitrogens with zero attached hydrogens (tertiary/aromatic N) is 2. The van der Waals surface area contributed by atoms with E-state index in [9.17, 15) is 4.79 Å². The molecule has 0 aliphatic heterocycles. The van der Waals surface area contributed by atoms with Crippen molar-refractivity contribution in [3.63, 3.8) is 0 Å². The fourth-order valence-electron chi connectivity index (χ4n) is 1.12. The molecule has 0 unspecified atom stereocenters. The van der Waals surface area contributed by atoms with Crippen LogP contribution in [0, 0.1) is 0 Å². The quantitative estimate of drug-likeness (QED) is 0.699. The van der Waals surface area contributed by atoms with Crippen LogP contribution in [0.1, 0.15) is 13.3 Å². The van der Waals surface area contributed by atoms with Gasteiger partial charge in [0.25, 0.3) is 0 Å². The zero-order valence-electron chi connectivity index (χ0n) is 9.49. The molecule has 16 heavy (non-hydrogen) atoms. The predicted molar refractivity (Wildman–Crippen MR) is 61.3 cm³/mol. The Labute approximate surface area is 94.4 Å². The number of hydrogen-bond donors (Lipinski definition) is 2. The van der Waals surface area contributed by atoms with Gasteiger partial charge in [0.15, 0.2) is 0 Å². The SMILES string of the molecule is CCOC(=O)CCNc1cc(NC)ncn1. The van der Waals surface area contributed by atoms with Crippen molar-refractivity contribution >= 4 is 17.6 Å². The number of carbonyl (C=O) groups is 1. The van der Waals surface area contributed by atoms with E-state index < -0.39 is 0 Å². The number of anilines is 2. The van der Waals surface area contributed by atoms with Crippen molar-refractivity contribution < 1.29 is 9.53 Å². The zero-order chi connectivity index (χ0) is 11.8. The van der Waals surface area contributed by atoms with Gasteiger partial charge >= 0.3 is 5.97 Å². The standard InChI is InChI=1S/C10H16N4O2/c1-3-16-10(15)4-5-12-9-6-8(11-2)13-7-14-9/h6-7H,3-5H2,1-2H3,(H2,11,12,13,14). The van der Waals surface area contributed by atoms with Gasteiger partial charge in [-0.2, -0.15) is 0 Å². The average Bonchev–Trinajstić information content (AvgIpc) is 2.30. The van der Waals surface area contributed by atoms with Gasteiger partial charge in [0.1, 0.15) is 18.0 Å². The number of aromatic nitrogens is 2. The van der Waals surface area contributed by atoms with Crippen molar-refractivity contribution in [2.75, 3.05) is 30.8 Å². The fourth-order valence-corrected chi connectivity index (χ4v) is 1.12. The number of ether oxygens (including phenoxy) is 1. The Hall–Kier alpha value is -1.85. The maximum Gasteiger partial charge on any atom is 0.307 e. The second-order valence-electron chi connectivity index (χ2n) is 3.02. The van der Waals surface area contributed by atoms with E-state index in [0.29, 0.717) is 25.4 Å². The second kappa shape index (κ2) is 6.60. The summed E-state index contributed by atoms with van der Waals surface area (Å²) < 4.78 is 4.80. The summed E-state index contributed by atoms with van der Waals surface area (Å²) in [5.41, 5.74) is 0. The summed E-state index contributed by atoms with van der Waals surface area (Å²) in [6.45, 7) is 2.70. The normalized spacial score (nSPS) is 9.62. The Morgan fingerprint density at radius 3 is 2.88 bits per heavy atom. The van der Waals surface area contributed by atoms with Crippen molar-refractivity contribution in [2.24, 2.45) is 0 Å². The van der Waals surface area contributed by atoms with E-state index in [1.54, 1.807) is 20.0 Å². The van der Waals surface area contributed by atoms with Gasteiger partial charge in [-0.1, -0.05) is 0 Å². The lowest BCUT2D eigenvalue weighted by molar-refractivity contribution is -0.142. The van der Waals surface area contributed by atoms with Gasteiger partial charge in [-0.25, -0.2) is 9.97 Å². The minimum absolute atomic E-state index is 0.210. The van der Waals surface area contributed by atoms with E-state index in [4.69, 9.17) is 4.74 Å². The molecule has 6 nitrogen and oxygen atoms in total. The summed E-state index contributed by atoms with van der Waals surface area (Å²) in [6, 6.07) is 1.77. The van der Waals surface area contributed by atoms with Crippen molar-refractivity contribution in [2.45, 2.75) is 13.3 Å². The van der Waals surface area contributed by atoms with Crippen LogP contribution in [0.3, 0.4) is 0 Å². The first kappa shape index (κ1) is 12.2. The maximum atomic E-state index is 11.0. The van der Waals surface area contributed by atoms with Gasteiger partial charge in [-0.3, -0.25) is 4.79 Å². The van der Waals surface area contributed by atoms with E-state index in [1.807, 2.05) is 0 Å². The van der Waals surface area contributed by atoms with Gasteiger partial charge in [0.2, 0.25) is 0 Å². The number of hydrogen-bond acceptors (Lipinski definition) is 6. The summed E-state index contributed by atoms with van der Waals surface area (Å²) in [5.74, 6) is 1.20. The van der Waals surface area contributed by atoms with Crippen LogP contribution < -0.4 is 10.6 Å². The summed E-state index contributed by atoms with van der Waals surface area (Å²) in [4.78, 5) is 19.0. The minimum atomic E-state index is -0.210. The van der Waals surface area contributed by atoms with E-state index in [1.165, 1.54) is 6.33 Å². The van der Waals surface area contributed by atoms with E-state index in [2.05, 4.69) is 20.6 Å². The molecule has 0 aliphatic carbocycles. The Morgan fingerprint density at radius 2 is 2.19 bits per heavy atom. The molecule has 0 bridgehead atoms. The van der Waals surface area contributed by atoms with Crippen LogP contribution >= 0.6 is 0 Å². The largest absolute Gasteiger partial charge is 0.466 e. The molecule has 0 fully saturated rings. The molecule has 1 aromatic rings. The summed E-state index contributed by atoms with van der Waals surface area (Å²) in [5, 5.41) is 5.92.